The van der Waals surface area contributed by atoms with Crippen molar-refractivity contribution in [3.8, 4) is 0 Å². The minimum absolute atomic E-state index is 0.171. The van der Waals surface area contributed by atoms with Gasteiger partial charge in [0, 0.05) is 22.5 Å². The number of hydrogen-bond acceptors (Lipinski definition) is 3. The number of nitrogens with one attached hydrogen (secondary N) is 1. The Morgan fingerprint density at radius 2 is 1.28 bits per heavy atom. The van der Waals surface area contributed by atoms with Crippen molar-refractivity contribution in [2.24, 2.45) is 11.8 Å². The number of rotatable bonds is 3. The van der Waals surface area contributed by atoms with E-state index < -0.39 is 17.7 Å². The highest BCUT2D eigenvalue weighted by molar-refractivity contribution is 6.30. The molecule has 3 amide bonds. The number of carbonyl (C=O) groups is 3. The Kier molecular flexibility index (Phi) is 4.24. The number of imide groups is 1. The molecule has 3 aromatic carbocycles. The molecule has 2 bridgehead atoms. The van der Waals surface area contributed by atoms with Crippen LogP contribution in [0.15, 0.2) is 72.8 Å². The van der Waals surface area contributed by atoms with Gasteiger partial charge in [-0.25, -0.2) is 0 Å². The maximum absolute atomic E-state index is 13.5. The van der Waals surface area contributed by atoms with Gasteiger partial charge in [-0.15, -0.1) is 0 Å². The molecule has 0 unspecified atom stereocenters. The zero-order valence-electron chi connectivity index (χ0n) is 17.0. The molecule has 0 saturated carbocycles. The first-order valence-corrected chi connectivity index (χ1v) is 11.0. The third-order valence-corrected chi connectivity index (χ3v) is 7.18. The second kappa shape index (κ2) is 7.04. The Morgan fingerprint density at radius 3 is 1.75 bits per heavy atom. The van der Waals surface area contributed by atoms with Crippen LogP contribution in [-0.4, -0.2) is 29.2 Å². The number of nitrogens with zero attached hydrogens (tertiary/aromatic N) is 1. The van der Waals surface area contributed by atoms with Crippen molar-refractivity contribution in [1.29, 1.82) is 0 Å². The lowest BCUT2D eigenvalue weighted by Gasteiger charge is -2.45. The Bertz CT molecular complexity index is 1190. The fraction of sp³-hybridized carbons (Fsp3) is 0.192. The van der Waals surface area contributed by atoms with Gasteiger partial charge in [0.1, 0.15) is 6.54 Å². The highest BCUT2D eigenvalue weighted by Crippen LogP contribution is 2.60. The average Bonchev–Trinajstić information content (AvgIpc) is 3.04. The standard InChI is InChI=1S/C26H19ClN2O3/c27-14-6-5-7-15(12-14)28-20(30)13-29-25(31)23-21-16-8-1-2-9-17(16)22(24(23)26(29)32)19-11-4-3-10-18(19)21/h1-12,21-24H,13H2,(H,28,30)/t21?,22?,23-,24-/m0/s1. The number of carbonyl (C=O) groups excluding carboxylic acids is 3. The van der Waals surface area contributed by atoms with Crippen LogP contribution >= 0.6 is 11.6 Å². The molecule has 4 aliphatic rings. The van der Waals surface area contributed by atoms with Gasteiger partial charge in [-0.2, -0.15) is 0 Å². The van der Waals surface area contributed by atoms with E-state index in [4.69, 9.17) is 11.6 Å². The molecule has 1 aliphatic heterocycles. The van der Waals surface area contributed by atoms with Gasteiger partial charge in [0.2, 0.25) is 17.7 Å². The number of benzene rings is 3. The number of hydrogen-bond donors (Lipinski definition) is 1. The molecule has 158 valence electrons. The Labute approximate surface area is 190 Å². The molecular formula is C26H19ClN2O3. The fourth-order valence-electron chi connectivity index (χ4n) is 5.81. The third-order valence-electron chi connectivity index (χ3n) is 6.95. The average molecular weight is 443 g/mol. The van der Waals surface area contributed by atoms with E-state index in [1.807, 2.05) is 24.3 Å². The van der Waals surface area contributed by atoms with Gasteiger partial charge in [0.25, 0.3) is 0 Å². The van der Waals surface area contributed by atoms with Gasteiger partial charge in [0.15, 0.2) is 0 Å². The van der Waals surface area contributed by atoms with Crippen LogP contribution in [0.25, 0.3) is 0 Å². The van der Waals surface area contributed by atoms with Crippen molar-refractivity contribution in [3.05, 3.63) is 100 Å². The van der Waals surface area contributed by atoms with Crippen LogP contribution < -0.4 is 5.32 Å². The molecule has 1 saturated heterocycles. The minimum Gasteiger partial charge on any atom is -0.324 e. The van der Waals surface area contributed by atoms with Crippen LogP contribution in [-0.2, 0) is 14.4 Å². The molecule has 3 aromatic rings. The zero-order valence-corrected chi connectivity index (χ0v) is 17.8. The lowest BCUT2D eigenvalue weighted by Crippen LogP contribution is -2.41. The number of amides is 3. The second-order valence-corrected chi connectivity index (χ2v) is 9.02. The lowest BCUT2D eigenvalue weighted by molar-refractivity contribution is -0.142. The van der Waals surface area contributed by atoms with Crippen molar-refractivity contribution >= 4 is 35.0 Å². The topological polar surface area (TPSA) is 66.5 Å². The van der Waals surface area contributed by atoms with E-state index in [-0.39, 0.29) is 30.2 Å². The summed E-state index contributed by atoms with van der Waals surface area (Å²) in [5.74, 6) is -2.24. The van der Waals surface area contributed by atoms with Crippen molar-refractivity contribution in [2.45, 2.75) is 11.8 Å². The maximum Gasteiger partial charge on any atom is 0.244 e. The van der Waals surface area contributed by atoms with Crippen LogP contribution in [0.1, 0.15) is 34.1 Å². The fourth-order valence-corrected chi connectivity index (χ4v) is 6.00. The van der Waals surface area contributed by atoms with E-state index in [1.165, 1.54) is 0 Å². The molecule has 0 aromatic heterocycles. The molecule has 1 fully saturated rings. The normalized spacial score (nSPS) is 24.7. The predicted octanol–water partition coefficient (Wildman–Crippen LogP) is 4.17. The van der Waals surface area contributed by atoms with Crippen LogP contribution in [0.4, 0.5) is 5.69 Å². The lowest BCUT2D eigenvalue weighted by atomic mass is 9.55. The van der Waals surface area contributed by atoms with E-state index in [1.54, 1.807) is 24.3 Å². The van der Waals surface area contributed by atoms with Gasteiger partial charge < -0.3 is 5.32 Å². The summed E-state index contributed by atoms with van der Waals surface area (Å²) in [6.45, 7) is -0.302. The van der Waals surface area contributed by atoms with Crippen LogP contribution in [0.5, 0.6) is 0 Å². The van der Waals surface area contributed by atoms with Gasteiger partial charge >= 0.3 is 0 Å². The molecule has 3 aliphatic carbocycles. The van der Waals surface area contributed by atoms with E-state index in [9.17, 15) is 14.4 Å². The molecule has 0 radical (unpaired) electrons. The highest BCUT2D eigenvalue weighted by Gasteiger charge is 2.61. The van der Waals surface area contributed by atoms with E-state index in [0.29, 0.717) is 10.7 Å². The quantitative estimate of drug-likeness (QED) is 0.619. The number of halogens is 1. The second-order valence-electron chi connectivity index (χ2n) is 8.59. The summed E-state index contributed by atoms with van der Waals surface area (Å²) in [4.78, 5) is 40.8. The summed E-state index contributed by atoms with van der Waals surface area (Å²) in [6.07, 6.45) is 0. The van der Waals surface area contributed by atoms with Crippen molar-refractivity contribution < 1.29 is 14.4 Å². The molecule has 32 heavy (non-hydrogen) atoms. The predicted molar refractivity (Wildman–Crippen MR) is 120 cm³/mol. The van der Waals surface area contributed by atoms with E-state index >= 15 is 0 Å². The summed E-state index contributed by atoms with van der Waals surface area (Å²) in [7, 11) is 0. The highest BCUT2D eigenvalue weighted by atomic mass is 35.5. The Hall–Kier alpha value is -3.44. The molecular weight excluding hydrogens is 424 g/mol. The number of anilines is 1. The third kappa shape index (κ3) is 2.67. The molecule has 1 heterocycles. The van der Waals surface area contributed by atoms with Gasteiger partial charge in [-0.1, -0.05) is 66.2 Å². The zero-order chi connectivity index (χ0) is 22.0. The monoisotopic (exact) mass is 442 g/mol. The summed E-state index contributed by atoms with van der Waals surface area (Å²) in [5.41, 5.74) is 4.99. The first-order valence-electron chi connectivity index (χ1n) is 10.6. The number of likely N-dealkylation sites (tertiary alicyclic amines) is 1. The summed E-state index contributed by atoms with van der Waals surface area (Å²) >= 11 is 5.99. The van der Waals surface area contributed by atoms with Crippen LogP contribution in [0.2, 0.25) is 5.02 Å². The summed E-state index contributed by atoms with van der Waals surface area (Å²) in [5, 5.41) is 3.23. The molecule has 1 N–H and O–H groups in total. The maximum atomic E-state index is 13.5. The smallest absolute Gasteiger partial charge is 0.244 e. The van der Waals surface area contributed by atoms with E-state index in [0.717, 1.165) is 27.2 Å². The molecule has 0 spiro atoms. The first-order chi connectivity index (χ1) is 15.5. The van der Waals surface area contributed by atoms with Crippen LogP contribution in [0.3, 0.4) is 0 Å². The van der Waals surface area contributed by atoms with Crippen molar-refractivity contribution in [1.82, 2.24) is 4.90 Å². The van der Waals surface area contributed by atoms with E-state index in [2.05, 4.69) is 29.6 Å². The van der Waals surface area contributed by atoms with Crippen molar-refractivity contribution in [2.75, 3.05) is 11.9 Å². The molecule has 6 heteroatoms. The Morgan fingerprint density at radius 1 is 0.781 bits per heavy atom. The summed E-state index contributed by atoms with van der Waals surface area (Å²) < 4.78 is 0. The SMILES string of the molecule is O=C(CN1C(=O)[C@H]2C3c4ccccc4C(c4ccccc43)[C@@H]2C1=O)Nc1cccc(Cl)c1. The summed E-state index contributed by atoms with van der Waals surface area (Å²) in [6, 6.07) is 22.9. The van der Waals surface area contributed by atoms with Gasteiger partial charge in [-0.05, 0) is 40.5 Å². The molecule has 5 nitrogen and oxygen atoms in total. The van der Waals surface area contributed by atoms with Gasteiger partial charge in [0.05, 0.1) is 11.8 Å². The minimum atomic E-state index is -0.476. The Balaban J connectivity index is 1.35. The largest absolute Gasteiger partial charge is 0.324 e. The molecule has 2 atom stereocenters. The van der Waals surface area contributed by atoms with Gasteiger partial charge in [-0.3, -0.25) is 19.3 Å². The van der Waals surface area contributed by atoms with Crippen LogP contribution in [0, 0.1) is 11.8 Å². The van der Waals surface area contributed by atoms with Crippen molar-refractivity contribution in [3.63, 3.8) is 0 Å². The first kappa shape index (κ1) is 19.3. The molecule has 7 rings (SSSR count).